The van der Waals surface area contributed by atoms with Gasteiger partial charge in [-0.1, -0.05) is 151 Å². The van der Waals surface area contributed by atoms with E-state index in [0.29, 0.717) is 12.8 Å². The Labute approximate surface area is 480 Å². The molecule has 2 rings (SSSR count). The molecule has 14 atom stereocenters. The van der Waals surface area contributed by atoms with E-state index in [-0.39, 0.29) is 38.5 Å². The van der Waals surface area contributed by atoms with Crippen molar-refractivity contribution in [3.8, 4) is 0 Å². The third-order valence-corrected chi connectivity index (χ3v) is 15.7. The molecular formula is C57H103N2O21P. The molecule has 81 heavy (non-hydrogen) atoms. The second kappa shape index (κ2) is 41.6. The molecule has 0 aromatic rings. The number of amides is 2. The van der Waals surface area contributed by atoms with E-state index in [4.69, 9.17) is 33.2 Å². The Morgan fingerprint density at radius 1 is 0.543 bits per heavy atom. The molecule has 0 radical (unpaired) electrons. The number of carbonyl (C=O) groups excluding carboxylic acids is 6. The summed E-state index contributed by atoms with van der Waals surface area (Å²) >= 11 is 0. The number of aliphatic hydroxyl groups is 5. The van der Waals surface area contributed by atoms with Gasteiger partial charge in [-0.15, -0.1) is 0 Å². The topological polar surface area (TPSA) is 350 Å². The van der Waals surface area contributed by atoms with E-state index in [1.54, 1.807) is 27.7 Å². The molecule has 0 aromatic carbocycles. The highest BCUT2D eigenvalue weighted by Gasteiger charge is 2.53. The average Bonchev–Trinajstić information content (AvgIpc) is 3.57. The zero-order valence-electron chi connectivity index (χ0n) is 49.3. The number of rotatable bonds is 44. The summed E-state index contributed by atoms with van der Waals surface area (Å²) in [6.45, 7) is 9.05. The molecule has 24 heteroatoms. The first-order chi connectivity index (χ1) is 38.6. The van der Waals surface area contributed by atoms with Crippen LogP contribution in [0, 0.1) is 5.92 Å². The molecule has 5 unspecified atom stereocenters. The molecule has 0 spiro atoms. The quantitative estimate of drug-likeness (QED) is 0.0147. The van der Waals surface area contributed by atoms with E-state index in [1.807, 2.05) is 0 Å². The fraction of sp³-hybridized carbons (Fsp3) is 0.895. The Kier molecular flexibility index (Phi) is 37.9. The monoisotopic (exact) mass is 1180 g/mol. The minimum Gasteiger partial charge on any atom is -0.462 e. The van der Waals surface area contributed by atoms with Crippen LogP contribution in [0.25, 0.3) is 0 Å². The van der Waals surface area contributed by atoms with Crippen molar-refractivity contribution in [2.45, 2.75) is 301 Å². The van der Waals surface area contributed by atoms with Gasteiger partial charge in [0.2, 0.25) is 11.8 Å². The van der Waals surface area contributed by atoms with Gasteiger partial charge in [0.05, 0.1) is 63.4 Å². The summed E-state index contributed by atoms with van der Waals surface area (Å²) in [5, 5.41) is 60.2. The van der Waals surface area contributed by atoms with Gasteiger partial charge in [0, 0.05) is 18.8 Å². The minimum atomic E-state index is -5.04. The summed E-state index contributed by atoms with van der Waals surface area (Å²) in [6.07, 6.45) is -0.0743. The Morgan fingerprint density at radius 2 is 1.04 bits per heavy atom. The van der Waals surface area contributed by atoms with Gasteiger partial charge in [-0.3, -0.25) is 33.3 Å². The highest BCUT2D eigenvalue weighted by Crippen LogP contribution is 2.43. The van der Waals surface area contributed by atoms with Gasteiger partial charge in [-0.05, 0) is 32.1 Å². The lowest BCUT2D eigenvalue weighted by atomic mass is 9.88. The Bertz CT molecular complexity index is 1840. The zero-order chi connectivity index (χ0) is 60.3. The van der Waals surface area contributed by atoms with Crippen molar-refractivity contribution < 1.29 is 102 Å². The molecule has 472 valence electrons. The largest absolute Gasteiger partial charge is 0.462 e. The van der Waals surface area contributed by atoms with Gasteiger partial charge in [0.1, 0.15) is 42.6 Å². The summed E-state index contributed by atoms with van der Waals surface area (Å²) < 4.78 is 53.6. The standard InChI is InChI=1S/C57H103N2O21P/c1-7-13-15-17-19-21-23-25-27-29-39(62)32-49(67)80-55-51(58-45(63)31-38(61)9-3)56(70)77-44(53(55)69)36-74-57-52(59-46(64)33-40(10-4)75-47(65)11-5)54(42(37-81(71,72)73)43(35-60)78-57)79-50(68)34-41(76-48(66)12-6)30-28-26-24-22-20-18-16-14-8-2/h38-44,51-57,60-62,69-70H,7-37H2,1-6H3,(H,58,63)(H,59,64)(H2,71,72,73)/t38-,39-,40-,41-,42-,43?,44?,51?,52?,53-,54+,55-,56?,57-/m1/s1. The summed E-state index contributed by atoms with van der Waals surface area (Å²) in [5.74, 6) is -6.31. The van der Waals surface area contributed by atoms with Gasteiger partial charge in [-0.25, -0.2) is 0 Å². The van der Waals surface area contributed by atoms with Crippen molar-refractivity contribution in [1.29, 1.82) is 0 Å². The number of ether oxygens (including phenoxy) is 7. The predicted octanol–water partition coefficient (Wildman–Crippen LogP) is 5.97. The molecule has 2 aliphatic heterocycles. The predicted molar refractivity (Wildman–Crippen MR) is 298 cm³/mol. The molecule has 0 aromatic heterocycles. The van der Waals surface area contributed by atoms with Crippen LogP contribution in [0.15, 0.2) is 0 Å². The lowest BCUT2D eigenvalue weighted by Gasteiger charge is -2.47. The Morgan fingerprint density at radius 3 is 1.56 bits per heavy atom. The first-order valence-electron chi connectivity index (χ1n) is 30.3. The van der Waals surface area contributed by atoms with Crippen molar-refractivity contribution in [3.05, 3.63) is 0 Å². The van der Waals surface area contributed by atoms with E-state index in [0.717, 1.165) is 70.6 Å². The number of esters is 4. The van der Waals surface area contributed by atoms with Gasteiger partial charge >= 0.3 is 31.5 Å². The minimum absolute atomic E-state index is 0.00309. The SMILES string of the molecule is CCCCCCCCCCC[C@@H](O)CC(=O)O[C@@H]1C(NC(=O)C[C@H](O)CC)C(O)OC(CO[C@@H]2OC(CO)[C@@H](CP(=O)(O)O)[C@H](OC(=O)C[C@@H](CCCCCCCCCCC)OC(=O)CC)C2NC(=O)C[C@@H](CC)OC(=O)CC)[C@H]1O. The van der Waals surface area contributed by atoms with Crippen LogP contribution in [0.5, 0.6) is 0 Å². The van der Waals surface area contributed by atoms with Crippen molar-refractivity contribution in [2.24, 2.45) is 5.92 Å². The lowest BCUT2D eigenvalue weighted by Crippen LogP contribution is -2.67. The molecule has 2 fully saturated rings. The zero-order valence-corrected chi connectivity index (χ0v) is 50.2. The van der Waals surface area contributed by atoms with E-state index >= 15 is 0 Å². The summed E-state index contributed by atoms with van der Waals surface area (Å²) in [4.78, 5) is 100. The van der Waals surface area contributed by atoms with Gasteiger partial charge in [-0.2, -0.15) is 0 Å². The molecule has 9 N–H and O–H groups in total. The maximum Gasteiger partial charge on any atom is 0.326 e. The van der Waals surface area contributed by atoms with E-state index < -0.39 is 174 Å². The molecule has 2 amide bonds. The highest BCUT2D eigenvalue weighted by molar-refractivity contribution is 7.51. The first kappa shape index (κ1) is 73.8. The van der Waals surface area contributed by atoms with Crippen molar-refractivity contribution in [3.63, 3.8) is 0 Å². The molecular weight excluding hydrogens is 1080 g/mol. The maximum absolute atomic E-state index is 14.2. The fourth-order valence-corrected chi connectivity index (χ4v) is 11.0. The van der Waals surface area contributed by atoms with Crippen LogP contribution in [-0.2, 0) is 66.5 Å². The van der Waals surface area contributed by atoms with Crippen LogP contribution < -0.4 is 10.6 Å². The average molecular weight is 1180 g/mol. The molecule has 0 aliphatic carbocycles. The molecule has 0 bridgehead atoms. The van der Waals surface area contributed by atoms with Crippen LogP contribution in [0.4, 0.5) is 0 Å². The molecule has 2 saturated heterocycles. The van der Waals surface area contributed by atoms with Crippen LogP contribution in [0.3, 0.4) is 0 Å². The second-order valence-corrected chi connectivity index (χ2v) is 23.5. The molecule has 2 heterocycles. The third-order valence-electron chi connectivity index (χ3n) is 14.8. The second-order valence-electron chi connectivity index (χ2n) is 21.8. The van der Waals surface area contributed by atoms with Crippen molar-refractivity contribution in [1.82, 2.24) is 10.6 Å². The van der Waals surface area contributed by atoms with Crippen molar-refractivity contribution >= 4 is 43.3 Å². The fourth-order valence-electron chi connectivity index (χ4n) is 9.99. The molecule has 23 nitrogen and oxygen atoms in total. The lowest BCUT2D eigenvalue weighted by molar-refractivity contribution is -0.293. The third kappa shape index (κ3) is 30.3. The number of nitrogens with one attached hydrogen (secondary N) is 2. The van der Waals surface area contributed by atoms with Crippen LogP contribution >= 0.6 is 7.60 Å². The van der Waals surface area contributed by atoms with Crippen LogP contribution in [0.2, 0.25) is 0 Å². The molecule has 2 aliphatic rings. The summed E-state index contributed by atoms with van der Waals surface area (Å²) in [6, 6.07) is -3.30. The Hall–Kier alpha value is -3.35. The number of aliphatic hydroxyl groups excluding tert-OH is 5. The van der Waals surface area contributed by atoms with E-state index in [9.17, 15) is 68.7 Å². The smallest absolute Gasteiger partial charge is 0.326 e. The van der Waals surface area contributed by atoms with E-state index in [1.165, 1.54) is 32.1 Å². The van der Waals surface area contributed by atoms with Crippen LogP contribution in [0.1, 0.15) is 221 Å². The van der Waals surface area contributed by atoms with E-state index in [2.05, 4.69) is 24.5 Å². The van der Waals surface area contributed by atoms with Crippen LogP contribution in [-0.4, -0.2) is 170 Å². The highest BCUT2D eigenvalue weighted by atomic mass is 31.2. The van der Waals surface area contributed by atoms with Gasteiger partial charge in [0.15, 0.2) is 18.7 Å². The Balaban J connectivity index is 2.51. The van der Waals surface area contributed by atoms with Gasteiger partial charge < -0.3 is 79.1 Å². The number of carbonyl (C=O) groups is 6. The summed E-state index contributed by atoms with van der Waals surface area (Å²) in [7, 11) is -5.04. The van der Waals surface area contributed by atoms with Gasteiger partial charge in [0.25, 0.3) is 0 Å². The summed E-state index contributed by atoms with van der Waals surface area (Å²) in [5.41, 5.74) is 0. The first-order valence-corrected chi connectivity index (χ1v) is 32.1. The number of hydrogen-bond acceptors (Lipinski definition) is 19. The number of hydrogen-bond donors (Lipinski definition) is 9. The maximum atomic E-state index is 14.2. The number of unbranched alkanes of at least 4 members (excludes halogenated alkanes) is 16. The van der Waals surface area contributed by atoms with Crippen molar-refractivity contribution in [2.75, 3.05) is 19.4 Å². The normalized spacial score (nSPS) is 24.5. The molecule has 0 saturated carbocycles.